The first-order chi connectivity index (χ1) is 21.6. The molecule has 4 aromatic rings. The van der Waals surface area contributed by atoms with Gasteiger partial charge in [0.1, 0.15) is 18.1 Å². The van der Waals surface area contributed by atoms with Gasteiger partial charge in [0.25, 0.3) is 0 Å². The number of fused-ring (bicyclic) bond motifs is 1. The molecule has 1 heterocycles. The second kappa shape index (κ2) is 15.3. The number of carbonyl (C=O) groups excluding carboxylic acids is 4. The highest BCUT2D eigenvalue weighted by Gasteiger charge is 2.31. The summed E-state index contributed by atoms with van der Waals surface area (Å²) in [7, 11) is 0. The molecule has 0 aliphatic heterocycles. The highest BCUT2D eigenvalue weighted by Crippen LogP contribution is 2.19. The van der Waals surface area contributed by atoms with Crippen LogP contribution in [0.3, 0.4) is 0 Å². The minimum absolute atomic E-state index is 0.0241. The van der Waals surface area contributed by atoms with Gasteiger partial charge in [0.05, 0.1) is 12.5 Å². The standard InChI is InChI=1S/C33H36N6O6/c34-24(18-29(35)40)30(41)37-27(17-22-19-36-25-14-8-7-13-23(22)25)32(43)38-26(15-20-9-3-1-4-10-20)31(42)39-28(33(44)45)16-21-11-5-2-6-12-21/h1-14,19,24,26-28,36H,15-18,34H2,(H2,35,40)(H,37,41)(H,38,43)(H,39,42)(H,44,45)/t24-,26-,27-,28-/m0/s1. The van der Waals surface area contributed by atoms with Crippen molar-refractivity contribution >= 4 is 40.5 Å². The average Bonchev–Trinajstić information content (AvgIpc) is 3.43. The molecule has 3 aromatic carbocycles. The molecule has 0 aliphatic rings. The number of aromatic amines is 1. The van der Waals surface area contributed by atoms with Crippen molar-refractivity contribution in [2.45, 2.75) is 49.9 Å². The molecule has 0 unspecified atom stereocenters. The fraction of sp³-hybridized carbons (Fsp3) is 0.242. The molecule has 0 saturated carbocycles. The quantitative estimate of drug-likeness (QED) is 0.103. The van der Waals surface area contributed by atoms with Crippen LogP contribution < -0.4 is 27.4 Å². The van der Waals surface area contributed by atoms with Gasteiger partial charge in [0.15, 0.2) is 0 Å². The zero-order valence-electron chi connectivity index (χ0n) is 24.4. The second-order valence-electron chi connectivity index (χ2n) is 10.7. The highest BCUT2D eigenvalue weighted by molar-refractivity contribution is 5.96. The summed E-state index contributed by atoms with van der Waals surface area (Å²) in [6, 6.07) is 20.2. The normalized spacial score (nSPS) is 13.6. The number of nitrogens with two attached hydrogens (primary N) is 2. The Hall–Kier alpha value is -5.49. The molecule has 12 heteroatoms. The number of para-hydroxylation sites is 1. The molecule has 0 aliphatic carbocycles. The van der Waals surface area contributed by atoms with Crippen LogP contribution >= 0.6 is 0 Å². The van der Waals surface area contributed by atoms with Crippen molar-refractivity contribution < 1.29 is 29.1 Å². The topological polar surface area (TPSA) is 209 Å². The third-order valence-electron chi connectivity index (χ3n) is 7.30. The van der Waals surface area contributed by atoms with E-state index >= 15 is 0 Å². The van der Waals surface area contributed by atoms with Crippen molar-refractivity contribution in [2.75, 3.05) is 0 Å². The molecule has 0 radical (unpaired) electrons. The van der Waals surface area contributed by atoms with Crippen molar-refractivity contribution in [3.05, 3.63) is 108 Å². The summed E-state index contributed by atoms with van der Waals surface area (Å²) in [5, 5.41) is 18.6. The number of nitrogens with one attached hydrogen (secondary N) is 4. The van der Waals surface area contributed by atoms with E-state index in [0.29, 0.717) is 16.7 Å². The summed E-state index contributed by atoms with van der Waals surface area (Å²) in [6.45, 7) is 0. The number of amides is 4. The smallest absolute Gasteiger partial charge is 0.326 e. The average molecular weight is 613 g/mol. The zero-order chi connectivity index (χ0) is 32.3. The van der Waals surface area contributed by atoms with Gasteiger partial charge in [-0.25, -0.2) is 4.79 Å². The van der Waals surface area contributed by atoms with Crippen LogP contribution in [0.1, 0.15) is 23.1 Å². The molecule has 12 nitrogen and oxygen atoms in total. The Labute approximate surface area is 259 Å². The lowest BCUT2D eigenvalue weighted by molar-refractivity contribution is -0.142. The van der Waals surface area contributed by atoms with Crippen LogP contribution in [-0.2, 0) is 43.2 Å². The highest BCUT2D eigenvalue weighted by atomic mass is 16.4. The largest absolute Gasteiger partial charge is 0.480 e. The summed E-state index contributed by atoms with van der Waals surface area (Å²) in [6.07, 6.45) is 1.40. The molecule has 45 heavy (non-hydrogen) atoms. The summed E-state index contributed by atoms with van der Waals surface area (Å²) >= 11 is 0. The number of benzene rings is 3. The molecule has 234 valence electrons. The third-order valence-corrected chi connectivity index (χ3v) is 7.30. The van der Waals surface area contributed by atoms with Gasteiger partial charge in [0.2, 0.25) is 23.6 Å². The number of carboxylic acid groups (broad SMARTS) is 1. The predicted molar refractivity (Wildman–Crippen MR) is 168 cm³/mol. The van der Waals surface area contributed by atoms with E-state index in [2.05, 4.69) is 20.9 Å². The molecule has 4 rings (SSSR count). The van der Waals surface area contributed by atoms with Gasteiger partial charge in [-0.05, 0) is 22.8 Å². The number of primary amides is 1. The van der Waals surface area contributed by atoms with E-state index in [4.69, 9.17) is 11.5 Å². The van der Waals surface area contributed by atoms with E-state index in [-0.39, 0.29) is 19.3 Å². The Kier molecular flexibility index (Phi) is 11.0. The number of aliphatic carboxylic acids is 1. The molecular formula is C33H36N6O6. The summed E-state index contributed by atoms with van der Waals surface area (Å²) in [5.74, 6) is -4.20. The van der Waals surface area contributed by atoms with Crippen molar-refractivity contribution in [1.82, 2.24) is 20.9 Å². The van der Waals surface area contributed by atoms with E-state index in [0.717, 1.165) is 10.9 Å². The van der Waals surface area contributed by atoms with Gasteiger partial charge in [-0.15, -0.1) is 0 Å². The van der Waals surface area contributed by atoms with Crippen LogP contribution in [0, 0.1) is 0 Å². The number of aromatic nitrogens is 1. The van der Waals surface area contributed by atoms with E-state index in [1.807, 2.05) is 24.3 Å². The number of carbonyl (C=O) groups is 5. The lowest BCUT2D eigenvalue weighted by atomic mass is 10.0. The molecule has 4 amide bonds. The van der Waals surface area contributed by atoms with Gasteiger partial charge in [-0.1, -0.05) is 78.9 Å². The van der Waals surface area contributed by atoms with Crippen molar-refractivity contribution in [3.8, 4) is 0 Å². The zero-order valence-corrected chi connectivity index (χ0v) is 24.4. The summed E-state index contributed by atoms with van der Waals surface area (Å²) < 4.78 is 0. The van der Waals surface area contributed by atoms with Crippen LogP contribution in [0.5, 0.6) is 0 Å². The van der Waals surface area contributed by atoms with Gasteiger partial charge in [-0.2, -0.15) is 0 Å². The Morgan fingerprint density at radius 2 is 1.16 bits per heavy atom. The maximum Gasteiger partial charge on any atom is 0.326 e. The Morgan fingerprint density at radius 1 is 0.667 bits per heavy atom. The predicted octanol–water partition coefficient (Wildman–Crippen LogP) is 0.938. The number of rotatable bonds is 15. The van der Waals surface area contributed by atoms with Crippen LogP contribution in [0.2, 0.25) is 0 Å². The first kappa shape index (κ1) is 32.4. The molecule has 0 fully saturated rings. The lowest BCUT2D eigenvalue weighted by Crippen LogP contribution is -2.58. The van der Waals surface area contributed by atoms with E-state index < -0.39 is 60.2 Å². The fourth-order valence-electron chi connectivity index (χ4n) is 4.97. The first-order valence-corrected chi connectivity index (χ1v) is 14.4. The van der Waals surface area contributed by atoms with Crippen molar-refractivity contribution in [2.24, 2.45) is 11.5 Å². The van der Waals surface area contributed by atoms with Crippen LogP contribution in [0.4, 0.5) is 0 Å². The van der Waals surface area contributed by atoms with E-state index in [1.54, 1.807) is 66.9 Å². The maximum absolute atomic E-state index is 13.8. The van der Waals surface area contributed by atoms with Crippen molar-refractivity contribution in [1.29, 1.82) is 0 Å². The van der Waals surface area contributed by atoms with E-state index in [9.17, 15) is 29.1 Å². The monoisotopic (exact) mass is 612 g/mol. The van der Waals surface area contributed by atoms with Gasteiger partial charge in [-0.3, -0.25) is 19.2 Å². The van der Waals surface area contributed by atoms with Gasteiger partial charge >= 0.3 is 5.97 Å². The van der Waals surface area contributed by atoms with Crippen LogP contribution in [-0.4, -0.2) is 63.9 Å². The fourth-order valence-corrected chi connectivity index (χ4v) is 4.97. The number of carboxylic acids is 1. The number of H-pyrrole nitrogens is 1. The number of hydrogen-bond acceptors (Lipinski definition) is 6. The van der Waals surface area contributed by atoms with Gasteiger partial charge in [0, 0.05) is 36.4 Å². The molecule has 0 spiro atoms. The van der Waals surface area contributed by atoms with E-state index in [1.165, 1.54) is 0 Å². The summed E-state index contributed by atoms with van der Waals surface area (Å²) in [4.78, 5) is 67.0. The third kappa shape index (κ3) is 9.25. The van der Waals surface area contributed by atoms with Crippen LogP contribution in [0.15, 0.2) is 91.1 Å². The lowest BCUT2D eigenvalue weighted by Gasteiger charge is -2.25. The molecule has 4 atom stereocenters. The minimum Gasteiger partial charge on any atom is -0.480 e. The Balaban J connectivity index is 1.59. The SMILES string of the molecule is NC(=O)C[C@H](N)C(=O)N[C@@H](Cc1c[nH]c2ccccc12)C(=O)N[C@@H](Cc1ccccc1)C(=O)N[C@@H](Cc1ccccc1)C(=O)O. The molecule has 0 bridgehead atoms. The van der Waals surface area contributed by atoms with Crippen LogP contribution in [0.25, 0.3) is 10.9 Å². The molecule has 1 aromatic heterocycles. The molecular weight excluding hydrogens is 576 g/mol. The van der Waals surface area contributed by atoms with Crippen molar-refractivity contribution in [3.63, 3.8) is 0 Å². The second-order valence-corrected chi connectivity index (χ2v) is 10.7. The first-order valence-electron chi connectivity index (χ1n) is 14.4. The molecule has 0 saturated heterocycles. The Morgan fingerprint density at radius 3 is 1.73 bits per heavy atom. The number of hydrogen-bond donors (Lipinski definition) is 7. The minimum atomic E-state index is -1.29. The summed E-state index contributed by atoms with van der Waals surface area (Å²) in [5.41, 5.74) is 14.0. The Bertz CT molecular complexity index is 1640. The van der Waals surface area contributed by atoms with Gasteiger partial charge < -0.3 is 37.5 Å². The molecule has 9 N–H and O–H groups in total. The maximum atomic E-state index is 13.8.